The van der Waals surface area contributed by atoms with Gasteiger partial charge in [0.2, 0.25) is 0 Å². The Balaban J connectivity index is 2.46. The maximum Gasteiger partial charge on any atom is 0.120 e. The molecule has 0 amide bonds. The molecule has 1 heterocycles. The normalized spacial score (nSPS) is 15.3. The highest BCUT2D eigenvalue weighted by Gasteiger charge is 2.18. The summed E-state index contributed by atoms with van der Waals surface area (Å²) in [5, 5.41) is 0. The van der Waals surface area contributed by atoms with Crippen LogP contribution in [0, 0.1) is 0 Å². The number of nitrogens with zero attached hydrogens (tertiary/aromatic N) is 1. The molecule has 0 bridgehead atoms. The van der Waals surface area contributed by atoms with E-state index >= 15 is 0 Å². The van der Waals surface area contributed by atoms with Crippen molar-refractivity contribution in [3.8, 4) is 5.75 Å². The van der Waals surface area contributed by atoms with Crippen LogP contribution in [-0.2, 0) is 6.42 Å². The lowest BCUT2D eigenvalue weighted by Crippen LogP contribution is -2.29. The molecule has 0 saturated heterocycles. The molecule has 0 N–H and O–H groups in total. The Hall–Kier alpha value is -1.09. The smallest absolute Gasteiger partial charge is 0.120 e. The lowest BCUT2D eigenvalue weighted by molar-refractivity contribution is 0.414. The predicted octanol–water partition coefficient (Wildman–Crippen LogP) is 2.41. The van der Waals surface area contributed by atoms with Crippen molar-refractivity contribution in [3.05, 3.63) is 23.8 Å². The number of anilines is 1. The van der Waals surface area contributed by atoms with Crippen molar-refractivity contribution in [3.63, 3.8) is 0 Å². The van der Waals surface area contributed by atoms with Gasteiger partial charge < -0.3 is 9.64 Å². The summed E-state index contributed by atoms with van der Waals surface area (Å²) in [5.41, 5.74) is 2.53. The van der Waals surface area contributed by atoms with Gasteiger partial charge in [-0.15, -0.1) is 0 Å². The molecule has 3 heteroatoms. The van der Waals surface area contributed by atoms with Crippen LogP contribution in [0.25, 0.3) is 0 Å². The third kappa shape index (κ3) is 1.48. The number of rotatable bonds is 1. The number of ether oxygens (including phenoxy) is 1. The molecule has 0 fully saturated rings. The number of benzene rings is 1. The maximum absolute atomic E-state index is 5.27. The first-order valence-corrected chi connectivity index (χ1v) is 5.06. The highest BCUT2D eigenvalue weighted by Crippen LogP contribution is 2.30. The molecule has 74 valence electrons. The summed E-state index contributed by atoms with van der Waals surface area (Å²) in [7, 11) is 3.70. The number of thiocarbonyl (C=S) groups is 1. The van der Waals surface area contributed by atoms with Crippen LogP contribution < -0.4 is 9.64 Å². The fraction of sp³-hybridized carbons (Fsp3) is 0.364. The van der Waals surface area contributed by atoms with Crippen molar-refractivity contribution in [2.75, 3.05) is 19.1 Å². The second-order valence-corrected chi connectivity index (χ2v) is 3.92. The van der Waals surface area contributed by atoms with Gasteiger partial charge >= 0.3 is 0 Å². The van der Waals surface area contributed by atoms with E-state index in [2.05, 4.69) is 11.0 Å². The molecule has 0 aromatic heterocycles. The first-order chi connectivity index (χ1) is 6.72. The van der Waals surface area contributed by atoms with Gasteiger partial charge in [0.05, 0.1) is 12.1 Å². The molecular weight excluding hydrogens is 194 g/mol. The molecule has 0 spiro atoms. The minimum absolute atomic E-state index is 0.889. The standard InChI is InChI=1S/C11H13NOS/c1-12-10-7-9(13-2)5-3-8(10)4-6-11(12)14/h3,5,7H,4,6H2,1-2H3. The summed E-state index contributed by atoms with van der Waals surface area (Å²) in [6.45, 7) is 0. The van der Waals surface area contributed by atoms with Gasteiger partial charge in [-0.2, -0.15) is 0 Å². The summed E-state index contributed by atoms with van der Waals surface area (Å²) in [5.74, 6) is 0.889. The van der Waals surface area contributed by atoms with Crippen molar-refractivity contribution in [1.82, 2.24) is 0 Å². The van der Waals surface area contributed by atoms with Crippen molar-refractivity contribution >= 4 is 22.9 Å². The predicted molar refractivity (Wildman–Crippen MR) is 62.3 cm³/mol. The van der Waals surface area contributed by atoms with Gasteiger partial charge in [-0.25, -0.2) is 0 Å². The number of aryl methyl sites for hydroxylation is 1. The highest BCUT2D eigenvalue weighted by atomic mass is 32.1. The third-order valence-corrected chi connectivity index (χ3v) is 3.11. The minimum atomic E-state index is 0.889. The fourth-order valence-corrected chi connectivity index (χ4v) is 1.94. The quantitative estimate of drug-likeness (QED) is 0.656. The van der Waals surface area contributed by atoms with Gasteiger partial charge in [0, 0.05) is 25.2 Å². The topological polar surface area (TPSA) is 12.5 Å². The molecule has 14 heavy (non-hydrogen) atoms. The molecule has 0 unspecified atom stereocenters. The van der Waals surface area contributed by atoms with Crippen LogP contribution in [0.5, 0.6) is 5.75 Å². The Morgan fingerprint density at radius 2 is 2.14 bits per heavy atom. The van der Waals surface area contributed by atoms with Gasteiger partial charge in [0.1, 0.15) is 5.75 Å². The molecule has 0 saturated carbocycles. The van der Waals surface area contributed by atoms with E-state index in [1.807, 2.05) is 19.2 Å². The van der Waals surface area contributed by atoms with Crippen LogP contribution in [0.15, 0.2) is 18.2 Å². The molecular formula is C11H13NOS. The average molecular weight is 207 g/mol. The van der Waals surface area contributed by atoms with Gasteiger partial charge in [-0.05, 0) is 18.1 Å². The molecule has 1 aliphatic rings. The molecule has 0 atom stereocenters. The summed E-state index contributed by atoms with van der Waals surface area (Å²) >= 11 is 5.27. The Bertz CT molecular complexity index is 376. The van der Waals surface area contributed by atoms with Gasteiger partial charge in [-0.3, -0.25) is 0 Å². The van der Waals surface area contributed by atoms with Gasteiger partial charge in [0.25, 0.3) is 0 Å². The summed E-state index contributed by atoms with van der Waals surface area (Å²) in [6.07, 6.45) is 2.02. The van der Waals surface area contributed by atoms with Crippen molar-refractivity contribution in [2.24, 2.45) is 0 Å². The summed E-state index contributed by atoms with van der Waals surface area (Å²) < 4.78 is 5.19. The third-order valence-electron chi connectivity index (χ3n) is 2.64. The lowest BCUT2D eigenvalue weighted by Gasteiger charge is -2.28. The molecule has 0 radical (unpaired) electrons. The van der Waals surface area contributed by atoms with Crippen molar-refractivity contribution in [2.45, 2.75) is 12.8 Å². The van der Waals surface area contributed by atoms with E-state index in [0.717, 1.165) is 23.6 Å². The minimum Gasteiger partial charge on any atom is -0.497 e. The number of hydrogen-bond donors (Lipinski definition) is 0. The SMILES string of the molecule is COc1ccc2c(c1)N(C)C(=S)CC2. The molecule has 1 aromatic carbocycles. The fourth-order valence-electron chi connectivity index (χ4n) is 1.74. The first-order valence-electron chi connectivity index (χ1n) is 4.66. The van der Waals surface area contributed by atoms with E-state index < -0.39 is 0 Å². The molecule has 2 rings (SSSR count). The molecule has 1 aromatic rings. The highest BCUT2D eigenvalue weighted by molar-refractivity contribution is 7.80. The zero-order valence-corrected chi connectivity index (χ0v) is 9.23. The Labute approximate surface area is 89.5 Å². The van der Waals surface area contributed by atoms with Crippen LogP contribution in [-0.4, -0.2) is 19.1 Å². The Morgan fingerprint density at radius 3 is 2.86 bits per heavy atom. The zero-order chi connectivity index (χ0) is 10.1. The summed E-state index contributed by atoms with van der Waals surface area (Å²) in [4.78, 5) is 3.07. The monoisotopic (exact) mass is 207 g/mol. The molecule has 0 aliphatic carbocycles. The van der Waals surface area contributed by atoms with E-state index in [9.17, 15) is 0 Å². The number of fused-ring (bicyclic) bond motifs is 1. The van der Waals surface area contributed by atoms with E-state index in [0.29, 0.717) is 0 Å². The lowest BCUT2D eigenvalue weighted by atomic mass is 10.0. The van der Waals surface area contributed by atoms with Crippen LogP contribution in [0.3, 0.4) is 0 Å². The van der Waals surface area contributed by atoms with Crippen LogP contribution in [0.2, 0.25) is 0 Å². The van der Waals surface area contributed by atoms with Gasteiger partial charge in [0.15, 0.2) is 0 Å². The van der Waals surface area contributed by atoms with E-state index in [-0.39, 0.29) is 0 Å². The Morgan fingerprint density at radius 1 is 1.36 bits per heavy atom. The van der Waals surface area contributed by atoms with Crippen LogP contribution >= 0.6 is 12.2 Å². The largest absolute Gasteiger partial charge is 0.497 e. The number of methoxy groups -OCH3 is 1. The number of hydrogen-bond acceptors (Lipinski definition) is 2. The summed E-state index contributed by atoms with van der Waals surface area (Å²) in [6, 6.07) is 6.16. The second kappa shape index (κ2) is 3.58. The van der Waals surface area contributed by atoms with Gasteiger partial charge in [-0.1, -0.05) is 18.3 Å². The average Bonchev–Trinajstić information content (AvgIpc) is 2.23. The maximum atomic E-state index is 5.27. The van der Waals surface area contributed by atoms with E-state index in [1.165, 1.54) is 11.3 Å². The van der Waals surface area contributed by atoms with E-state index in [4.69, 9.17) is 17.0 Å². The molecule has 2 nitrogen and oxygen atoms in total. The molecule has 1 aliphatic heterocycles. The van der Waals surface area contributed by atoms with E-state index in [1.54, 1.807) is 7.11 Å². The Kier molecular flexibility index (Phi) is 2.42. The zero-order valence-electron chi connectivity index (χ0n) is 8.41. The van der Waals surface area contributed by atoms with Crippen molar-refractivity contribution < 1.29 is 4.74 Å². The van der Waals surface area contributed by atoms with Crippen molar-refractivity contribution in [1.29, 1.82) is 0 Å². The van der Waals surface area contributed by atoms with Crippen LogP contribution in [0.4, 0.5) is 5.69 Å². The second-order valence-electron chi connectivity index (χ2n) is 3.45. The van der Waals surface area contributed by atoms with Crippen LogP contribution in [0.1, 0.15) is 12.0 Å². The first kappa shape index (κ1) is 9.46.